The molecule has 8 heteroatoms. The number of benzene rings is 1. The molecule has 0 radical (unpaired) electrons. The predicted molar refractivity (Wildman–Crippen MR) is 130 cm³/mol. The summed E-state index contributed by atoms with van der Waals surface area (Å²) >= 11 is 0. The summed E-state index contributed by atoms with van der Waals surface area (Å²) in [6.45, 7) is 1.80. The molecule has 2 atom stereocenters. The summed E-state index contributed by atoms with van der Waals surface area (Å²) < 4.78 is 11.4. The van der Waals surface area contributed by atoms with E-state index in [1.165, 1.54) is 4.90 Å². The van der Waals surface area contributed by atoms with Gasteiger partial charge in [0.2, 0.25) is 17.7 Å². The van der Waals surface area contributed by atoms with E-state index in [1.807, 2.05) is 30.3 Å². The third-order valence-electron chi connectivity index (χ3n) is 6.79. The van der Waals surface area contributed by atoms with Crippen molar-refractivity contribution in [3.8, 4) is 5.75 Å². The van der Waals surface area contributed by atoms with E-state index in [9.17, 15) is 14.4 Å². The van der Waals surface area contributed by atoms with E-state index >= 15 is 0 Å². The van der Waals surface area contributed by atoms with Crippen LogP contribution in [0.1, 0.15) is 44.1 Å². The molecule has 3 heterocycles. The highest BCUT2D eigenvalue weighted by Crippen LogP contribution is 2.40. The Hall–Kier alpha value is -3.26. The molecule has 8 nitrogen and oxygen atoms in total. The zero-order valence-corrected chi connectivity index (χ0v) is 20.2. The van der Waals surface area contributed by atoms with Gasteiger partial charge in [-0.3, -0.25) is 24.3 Å². The van der Waals surface area contributed by atoms with Gasteiger partial charge in [0.05, 0.1) is 24.3 Å². The van der Waals surface area contributed by atoms with E-state index in [-0.39, 0.29) is 43.2 Å². The topological polar surface area (TPSA) is 89.0 Å². The summed E-state index contributed by atoms with van der Waals surface area (Å²) in [7, 11) is 1.74. The number of carbonyl (C=O) groups excluding carboxylic acids is 3. The molecule has 3 amide bonds. The van der Waals surface area contributed by atoms with Crippen LogP contribution >= 0.6 is 0 Å². The average Bonchev–Trinajstić information content (AvgIpc) is 3.13. The molecule has 0 unspecified atom stereocenters. The molecule has 2 saturated heterocycles. The standard InChI is InChI=1S/C27H33N3O5/c1-29(20-23-11-5-6-15-35-23)24(31)17-27(21-9-3-2-4-10-21)18-25(32)30(26(27)33)14-8-16-34-22-12-7-13-28-19-22/h2-4,7,9-10,12-13,19,23H,5-6,8,11,14-18,20H2,1H3/t23-,27+/m0/s1. The number of aromatic nitrogens is 1. The van der Waals surface area contributed by atoms with Crippen LogP contribution < -0.4 is 4.74 Å². The quantitative estimate of drug-likeness (QED) is 0.385. The van der Waals surface area contributed by atoms with Gasteiger partial charge < -0.3 is 14.4 Å². The Kier molecular flexibility index (Phi) is 8.13. The molecule has 1 aromatic carbocycles. The minimum atomic E-state index is -1.19. The number of rotatable bonds is 10. The zero-order valence-electron chi connectivity index (χ0n) is 20.2. The van der Waals surface area contributed by atoms with E-state index in [1.54, 1.807) is 36.5 Å². The average molecular weight is 480 g/mol. The van der Waals surface area contributed by atoms with E-state index in [2.05, 4.69) is 4.98 Å². The monoisotopic (exact) mass is 479 g/mol. The Morgan fingerprint density at radius 3 is 2.74 bits per heavy atom. The zero-order chi connectivity index (χ0) is 24.7. The number of likely N-dealkylation sites (tertiary alicyclic amines) is 1. The maximum Gasteiger partial charge on any atom is 0.240 e. The molecular weight excluding hydrogens is 446 g/mol. The molecule has 186 valence electrons. The van der Waals surface area contributed by atoms with Crippen LogP contribution in [0, 0.1) is 0 Å². The molecule has 2 aliphatic heterocycles. The Labute approximate surface area is 206 Å². The first kappa shape index (κ1) is 24.9. The van der Waals surface area contributed by atoms with Crippen LogP contribution in [-0.4, -0.2) is 72.0 Å². The Morgan fingerprint density at radius 1 is 1.20 bits per heavy atom. The normalized spacial score (nSPS) is 22.3. The van der Waals surface area contributed by atoms with Gasteiger partial charge in [-0.2, -0.15) is 0 Å². The molecule has 4 rings (SSSR count). The van der Waals surface area contributed by atoms with Gasteiger partial charge in [0.1, 0.15) is 5.75 Å². The summed E-state index contributed by atoms with van der Waals surface area (Å²) in [5, 5.41) is 0. The second-order valence-corrected chi connectivity index (χ2v) is 9.31. The summed E-state index contributed by atoms with van der Waals surface area (Å²) in [6.07, 6.45) is 6.79. The minimum Gasteiger partial charge on any atom is -0.492 e. The largest absolute Gasteiger partial charge is 0.492 e. The smallest absolute Gasteiger partial charge is 0.240 e. The van der Waals surface area contributed by atoms with Gasteiger partial charge in [0.15, 0.2) is 0 Å². The molecule has 2 aromatic rings. The number of imide groups is 1. The van der Waals surface area contributed by atoms with Crippen molar-refractivity contribution in [1.82, 2.24) is 14.8 Å². The first-order chi connectivity index (χ1) is 17.0. The summed E-state index contributed by atoms with van der Waals surface area (Å²) in [4.78, 5) is 47.0. The van der Waals surface area contributed by atoms with Crippen molar-refractivity contribution < 1.29 is 23.9 Å². The number of hydrogen-bond donors (Lipinski definition) is 0. The molecule has 1 aromatic heterocycles. The van der Waals surface area contributed by atoms with Crippen LogP contribution in [0.15, 0.2) is 54.9 Å². The van der Waals surface area contributed by atoms with Crippen LogP contribution in [0.4, 0.5) is 0 Å². The molecular formula is C27H33N3O5. The summed E-state index contributed by atoms with van der Waals surface area (Å²) in [5.41, 5.74) is -0.496. The highest BCUT2D eigenvalue weighted by molar-refractivity contribution is 6.10. The van der Waals surface area contributed by atoms with Crippen LogP contribution in [-0.2, 0) is 24.5 Å². The molecule has 0 saturated carbocycles. The first-order valence-corrected chi connectivity index (χ1v) is 12.3. The van der Waals surface area contributed by atoms with Crippen LogP contribution in [0.3, 0.4) is 0 Å². The third-order valence-corrected chi connectivity index (χ3v) is 6.79. The molecule has 0 spiro atoms. The van der Waals surface area contributed by atoms with Crippen molar-refractivity contribution in [2.75, 3.05) is 33.4 Å². The number of hydrogen-bond acceptors (Lipinski definition) is 6. The highest BCUT2D eigenvalue weighted by atomic mass is 16.5. The number of likely N-dealkylation sites (N-methyl/N-ethyl adjacent to an activating group) is 1. The fourth-order valence-corrected chi connectivity index (χ4v) is 4.85. The van der Waals surface area contributed by atoms with Crippen LogP contribution in [0.2, 0.25) is 0 Å². The first-order valence-electron chi connectivity index (χ1n) is 12.3. The van der Waals surface area contributed by atoms with Crippen LogP contribution in [0.5, 0.6) is 5.75 Å². The van der Waals surface area contributed by atoms with E-state index in [0.717, 1.165) is 19.3 Å². The van der Waals surface area contributed by atoms with Gasteiger partial charge in [-0.05, 0) is 43.4 Å². The minimum absolute atomic E-state index is 0.0151. The maximum absolute atomic E-state index is 13.7. The Balaban J connectivity index is 1.44. The number of ether oxygens (including phenoxy) is 2. The predicted octanol–water partition coefficient (Wildman–Crippen LogP) is 2.97. The Morgan fingerprint density at radius 2 is 2.03 bits per heavy atom. The van der Waals surface area contributed by atoms with E-state index in [4.69, 9.17) is 9.47 Å². The van der Waals surface area contributed by atoms with Crippen molar-refractivity contribution in [2.45, 2.75) is 50.0 Å². The lowest BCUT2D eigenvalue weighted by molar-refractivity contribution is -0.143. The van der Waals surface area contributed by atoms with E-state index in [0.29, 0.717) is 37.5 Å². The number of pyridine rings is 1. The molecule has 2 aliphatic rings. The second kappa shape index (κ2) is 11.4. The van der Waals surface area contributed by atoms with Gasteiger partial charge in [-0.15, -0.1) is 0 Å². The van der Waals surface area contributed by atoms with Gasteiger partial charge in [0.25, 0.3) is 0 Å². The molecule has 0 aliphatic carbocycles. The number of amides is 3. The van der Waals surface area contributed by atoms with Gasteiger partial charge >= 0.3 is 0 Å². The number of carbonyl (C=O) groups is 3. The maximum atomic E-state index is 13.7. The molecule has 2 fully saturated rings. The SMILES string of the molecule is CN(C[C@@H]1CCCCO1)C(=O)C[C@]1(c2ccccc2)CC(=O)N(CCCOc2cccnc2)C1=O. The fourth-order valence-electron chi connectivity index (χ4n) is 4.85. The number of nitrogens with zero attached hydrogens (tertiary/aromatic N) is 3. The molecule has 0 N–H and O–H groups in total. The summed E-state index contributed by atoms with van der Waals surface area (Å²) in [5.74, 6) is -0.0937. The van der Waals surface area contributed by atoms with Crippen molar-refractivity contribution in [1.29, 1.82) is 0 Å². The van der Waals surface area contributed by atoms with Gasteiger partial charge in [-0.1, -0.05) is 30.3 Å². The van der Waals surface area contributed by atoms with Crippen LogP contribution in [0.25, 0.3) is 0 Å². The van der Waals surface area contributed by atoms with Gasteiger partial charge in [0, 0.05) is 45.8 Å². The van der Waals surface area contributed by atoms with Crippen molar-refractivity contribution >= 4 is 17.7 Å². The van der Waals surface area contributed by atoms with E-state index < -0.39 is 5.41 Å². The lowest BCUT2D eigenvalue weighted by atomic mass is 9.75. The molecule has 35 heavy (non-hydrogen) atoms. The summed E-state index contributed by atoms with van der Waals surface area (Å²) in [6, 6.07) is 12.8. The lowest BCUT2D eigenvalue weighted by Gasteiger charge is -2.31. The Bertz CT molecular complexity index is 1010. The fraction of sp³-hybridized carbons (Fsp3) is 0.481. The van der Waals surface area contributed by atoms with Crippen molar-refractivity contribution in [3.05, 3.63) is 60.4 Å². The van der Waals surface area contributed by atoms with Crippen molar-refractivity contribution in [3.63, 3.8) is 0 Å². The second-order valence-electron chi connectivity index (χ2n) is 9.31. The third kappa shape index (κ3) is 5.88. The van der Waals surface area contributed by atoms with Crippen molar-refractivity contribution in [2.24, 2.45) is 0 Å². The lowest BCUT2D eigenvalue weighted by Crippen LogP contribution is -2.44. The van der Waals surface area contributed by atoms with Gasteiger partial charge in [-0.25, -0.2) is 0 Å². The highest BCUT2D eigenvalue weighted by Gasteiger charge is 2.53. The molecule has 0 bridgehead atoms.